The molecule has 9 heteroatoms. The van der Waals surface area contributed by atoms with Crippen molar-refractivity contribution < 1.29 is 12.8 Å². The van der Waals surface area contributed by atoms with Gasteiger partial charge in [-0.15, -0.1) is 0 Å². The summed E-state index contributed by atoms with van der Waals surface area (Å²) in [5.74, 6) is 0.494. The van der Waals surface area contributed by atoms with Crippen LogP contribution in [0.2, 0.25) is 0 Å². The number of aromatic nitrogens is 3. The van der Waals surface area contributed by atoms with Crippen molar-refractivity contribution in [2.45, 2.75) is 25.2 Å². The second kappa shape index (κ2) is 8.09. The smallest absolute Gasteiger partial charge is 0.238 e. The molecule has 4 aromatic rings. The highest BCUT2D eigenvalue weighted by molar-refractivity contribution is 7.89. The van der Waals surface area contributed by atoms with Crippen molar-refractivity contribution in [2.75, 3.05) is 11.9 Å². The zero-order chi connectivity index (χ0) is 22.2. The molecule has 0 aliphatic carbocycles. The monoisotopic (exact) mass is 439 g/mol. The molecule has 2 aromatic carbocycles. The maximum atomic E-state index is 13.6. The molecule has 0 aliphatic heterocycles. The first-order valence-corrected chi connectivity index (χ1v) is 11.3. The van der Waals surface area contributed by atoms with Gasteiger partial charge in [0.1, 0.15) is 11.6 Å². The minimum atomic E-state index is -3.70. The van der Waals surface area contributed by atoms with Gasteiger partial charge in [0.05, 0.1) is 10.6 Å². The molecular weight excluding hydrogens is 417 g/mol. The minimum absolute atomic E-state index is 0.0907. The van der Waals surface area contributed by atoms with Gasteiger partial charge in [0.25, 0.3) is 0 Å². The number of fused-ring (bicyclic) bond motifs is 1. The van der Waals surface area contributed by atoms with Crippen LogP contribution in [0, 0.1) is 19.7 Å². The number of halogens is 1. The Kier molecular flexibility index (Phi) is 5.47. The molecule has 0 saturated carbocycles. The summed E-state index contributed by atoms with van der Waals surface area (Å²) >= 11 is 0. The number of nitrogens with two attached hydrogens (primary N) is 1. The van der Waals surface area contributed by atoms with Crippen LogP contribution in [0.25, 0.3) is 16.9 Å². The molecule has 7 nitrogen and oxygen atoms in total. The lowest BCUT2D eigenvalue weighted by molar-refractivity contribution is 0.597. The fourth-order valence-corrected chi connectivity index (χ4v) is 3.88. The standard InChI is InChI=1S/C22H22FN5O2S/c1-14-15(2)26-21-13-20(17-4-3-5-18(23)12-17)27-28(21)22(14)25-11-10-16-6-8-19(9-7-16)31(24,29)30/h3-9,12-13,25H,10-11H2,1-2H3,(H2,24,29,30). The first-order chi connectivity index (χ1) is 14.7. The number of nitrogens with zero attached hydrogens (tertiary/aromatic N) is 3. The van der Waals surface area contributed by atoms with E-state index in [1.54, 1.807) is 22.7 Å². The lowest BCUT2D eigenvalue weighted by Gasteiger charge is -2.13. The number of nitrogens with one attached hydrogen (secondary N) is 1. The van der Waals surface area contributed by atoms with E-state index in [0.717, 1.165) is 22.6 Å². The molecular formula is C22H22FN5O2S. The third kappa shape index (κ3) is 4.42. The third-order valence-corrected chi connectivity index (χ3v) is 6.09. The van der Waals surface area contributed by atoms with Gasteiger partial charge in [0.15, 0.2) is 5.65 Å². The van der Waals surface area contributed by atoms with E-state index in [1.165, 1.54) is 24.3 Å². The van der Waals surface area contributed by atoms with Gasteiger partial charge in [-0.1, -0.05) is 24.3 Å². The van der Waals surface area contributed by atoms with E-state index in [-0.39, 0.29) is 10.7 Å². The van der Waals surface area contributed by atoms with Crippen molar-refractivity contribution in [1.82, 2.24) is 14.6 Å². The van der Waals surface area contributed by atoms with Crippen molar-refractivity contribution in [3.05, 3.63) is 77.2 Å². The molecule has 31 heavy (non-hydrogen) atoms. The number of hydrogen-bond donors (Lipinski definition) is 2. The van der Waals surface area contributed by atoms with Crippen LogP contribution in [0.1, 0.15) is 16.8 Å². The third-order valence-electron chi connectivity index (χ3n) is 5.16. The average Bonchev–Trinajstić information content (AvgIpc) is 3.14. The Hall–Kier alpha value is -3.30. The zero-order valence-electron chi connectivity index (χ0n) is 17.1. The van der Waals surface area contributed by atoms with Crippen molar-refractivity contribution in [1.29, 1.82) is 0 Å². The van der Waals surface area contributed by atoms with Crippen LogP contribution in [0.5, 0.6) is 0 Å². The summed E-state index contributed by atoms with van der Waals surface area (Å²) in [4.78, 5) is 4.69. The van der Waals surface area contributed by atoms with E-state index < -0.39 is 10.0 Å². The number of primary sulfonamides is 1. The number of benzene rings is 2. The number of anilines is 1. The van der Waals surface area contributed by atoms with Crippen LogP contribution in [0.3, 0.4) is 0 Å². The maximum absolute atomic E-state index is 13.6. The van der Waals surface area contributed by atoms with Gasteiger partial charge < -0.3 is 5.32 Å². The van der Waals surface area contributed by atoms with Crippen LogP contribution in [-0.4, -0.2) is 29.6 Å². The summed E-state index contributed by atoms with van der Waals surface area (Å²) in [5.41, 5.74) is 4.80. The van der Waals surface area contributed by atoms with Crippen LogP contribution < -0.4 is 10.5 Å². The van der Waals surface area contributed by atoms with Gasteiger partial charge in [0, 0.05) is 29.4 Å². The SMILES string of the molecule is Cc1nc2cc(-c3cccc(F)c3)nn2c(NCCc2ccc(S(N)(=O)=O)cc2)c1C. The van der Waals surface area contributed by atoms with Crippen molar-refractivity contribution in [3.63, 3.8) is 0 Å². The van der Waals surface area contributed by atoms with E-state index >= 15 is 0 Å². The first-order valence-electron chi connectivity index (χ1n) is 9.71. The van der Waals surface area contributed by atoms with Gasteiger partial charge in [-0.25, -0.2) is 22.9 Å². The number of sulfonamides is 1. The highest BCUT2D eigenvalue weighted by atomic mass is 32.2. The number of rotatable bonds is 6. The van der Waals surface area contributed by atoms with E-state index in [1.807, 2.05) is 26.0 Å². The Labute approximate surface area is 179 Å². The normalized spacial score (nSPS) is 11.7. The molecule has 0 atom stereocenters. The van der Waals surface area contributed by atoms with Crippen LogP contribution in [-0.2, 0) is 16.4 Å². The Bertz CT molecular complexity index is 1360. The molecule has 0 bridgehead atoms. The molecule has 2 aromatic heterocycles. The molecule has 4 rings (SSSR count). The predicted octanol–water partition coefficient (Wildman–Crippen LogP) is 3.45. The van der Waals surface area contributed by atoms with Gasteiger partial charge in [-0.05, 0) is 50.1 Å². The fraction of sp³-hybridized carbons (Fsp3) is 0.182. The summed E-state index contributed by atoms with van der Waals surface area (Å²) in [6.07, 6.45) is 0.672. The molecule has 0 radical (unpaired) electrons. The molecule has 0 saturated heterocycles. The summed E-state index contributed by atoms with van der Waals surface area (Å²) in [5, 5.41) is 13.2. The summed E-state index contributed by atoms with van der Waals surface area (Å²) in [6.45, 7) is 4.50. The second-order valence-electron chi connectivity index (χ2n) is 7.35. The molecule has 0 amide bonds. The lowest BCUT2D eigenvalue weighted by Crippen LogP contribution is -2.13. The zero-order valence-corrected chi connectivity index (χ0v) is 17.9. The molecule has 3 N–H and O–H groups in total. The quantitative estimate of drug-likeness (QED) is 0.479. The average molecular weight is 440 g/mol. The lowest BCUT2D eigenvalue weighted by atomic mass is 10.1. The molecule has 0 unspecified atom stereocenters. The van der Waals surface area contributed by atoms with Crippen molar-refractivity contribution >= 4 is 21.5 Å². The molecule has 2 heterocycles. The Balaban J connectivity index is 1.59. The van der Waals surface area contributed by atoms with Crippen LogP contribution in [0.4, 0.5) is 10.2 Å². The van der Waals surface area contributed by atoms with Gasteiger partial charge in [0.2, 0.25) is 10.0 Å². The van der Waals surface area contributed by atoms with Gasteiger partial charge >= 0.3 is 0 Å². The largest absolute Gasteiger partial charge is 0.369 e. The van der Waals surface area contributed by atoms with Crippen molar-refractivity contribution in [2.24, 2.45) is 5.14 Å². The molecule has 160 valence electrons. The highest BCUT2D eigenvalue weighted by Crippen LogP contribution is 2.25. The summed E-state index contributed by atoms with van der Waals surface area (Å²) < 4.78 is 38.1. The Morgan fingerprint density at radius 1 is 1.10 bits per heavy atom. The highest BCUT2D eigenvalue weighted by Gasteiger charge is 2.14. The van der Waals surface area contributed by atoms with E-state index in [2.05, 4.69) is 15.4 Å². The van der Waals surface area contributed by atoms with Crippen molar-refractivity contribution in [3.8, 4) is 11.3 Å². The van der Waals surface area contributed by atoms with Crippen LogP contribution in [0.15, 0.2) is 59.5 Å². The number of hydrogen-bond acceptors (Lipinski definition) is 5. The predicted molar refractivity (Wildman–Crippen MR) is 118 cm³/mol. The summed E-state index contributed by atoms with van der Waals surface area (Å²) in [7, 11) is -3.70. The fourth-order valence-electron chi connectivity index (χ4n) is 3.37. The number of aryl methyl sites for hydroxylation is 1. The molecule has 0 spiro atoms. The molecule has 0 aliphatic rings. The Morgan fingerprint density at radius 2 is 1.84 bits per heavy atom. The topological polar surface area (TPSA) is 102 Å². The second-order valence-corrected chi connectivity index (χ2v) is 8.91. The minimum Gasteiger partial charge on any atom is -0.369 e. The van der Waals surface area contributed by atoms with Gasteiger partial charge in [-0.2, -0.15) is 9.61 Å². The summed E-state index contributed by atoms with van der Waals surface area (Å²) in [6, 6.07) is 14.6. The first kappa shape index (κ1) is 21.0. The van der Waals surface area contributed by atoms with Crippen LogP contribution >= 0.6 is 0 Å². The maximum Gasteiger partial charge on any atom is 0.238 e. The van der Waals surface area contributed by atoms with E-state index in [4.69, 9.17) is 5.14 Å². The van der Waals surface area contributed by atoms with E-state index in [0.29, 0.717) is 29.9 Å². The van der Waals surface area contributed by atoms with E-state index in [9.17, 15) is 12.8 Å². The molecule has 0 fully saturated rings. The Morgan fingerprint density at radius 3 is 2.52 bits per heavy atom. The van der Waals surface area contributed by atoms with Gasteiger partial charge in [-0.3, -0.25) is 0 Å².